The van der Waals surface area contributed by atoms with Crippen molar-refractivity contribution in [2.45, 2.75) is 0 Å². The Hall–Kier alpha value is -7.41. The molecule has 0 aliphatic heterocycles. The third-order valence-corrected chi connectivity index (χ3v) is 12.0. The van der Waals surface area contributed by atoms with Crippen molar-refractivity contribution in [3.8, 4) is 16.8 Å². The summed E-state index contributed by atoms with van der Waals surface area (Å²) in [7, 11) is 0. The molecule has 5 nitrogen and oxygen atoms in total. The minimum absolute atomic E-state index is 0.141. The number of aliphatic imine (C=N–C) groups is 2. The number of thiophene rings is 1. The molecule has 3 aromatic heterocycles. The van der Waals surface area contributed by atoms with E-state index in [4.69, 9.17) is 19.8 Å². The first-order valence-corrected chi connectivity index (χ1v) is 19.7. The summed E-state index contributed by atoms with van der Waals surface area (Å²) < 4.78 is 11.4. The maximum atomic E-state index is 8.77. The zero-order valence-electron chi connectivity index (χ0n) is 30.6. The van der Waals surface area contributed by atoms with Crippen molar-refractivity contribution in [3.63, 3.8) is 0 Å². The molecular formula is C51H32N4OS. The smallest absolute Gasteiger partial charge is 0.161 e. The highest BCUT2D eigenvalue weighted by Gasteiger charge is 2.19. The van der Waals surface area contributed by atoms with Crippen molar-refractivity contribution in [1.29, 1.82) is 5.41 Å². The Morgan fingerprint density at radius 2 is 1.26 bits per heavy atom. The summed E-state index contributed by atoms with van der Waals surface area (Å²) in [5.74, 6) is 0.578. The predicted octanol–water partition coefficient (Wildman–Crippen LogP) is 13.6. The number of nitrogens with one attached hydrogen (secondary N) is 1. The van der Waals surface area contributed by atoms with Gasteiger partial charge in [-0.3, -0.25) is 5.41 Å². The van der Waals surface area contributed by atoms with E-state index in [0.29, 0.717) is 5.84 Å². The molecule has 0 amide bonds. The second-order valence-corrected chi connectivity index (χ2v) is 15.2. The molecule has 0 aliphatic rings. The van der Waals surface area contributed by atoms with Crippen LogP contribution in [-0.2, 0) is 0 Å². The van der Waals surface area contributed by atoms with E-state index >= 15 is 0 Å². The lowest BCUT2D eigenvalue weighted by Crippen LogP contribution is -2.04. The highest BCUT2D eigenvalue weighted by Crippen LogP contribution is 2.45. The molecule has 0 bridgehead atoms. The molecular weight excluding hydrogens is 717 g/mol. The van der Waals surface area contributed by atoms with Crippen molar-refractivity contribution in [2.24, 2.45) is 9.98 Å². The molecule has 6 heteroatoms. The second-order valence-electron chi connectivity index (χ2n) is 14.1. The Kier molecular flexibility index (Phi) is 7.76. The van der Waals surface area contributed by atoms with E-state index in [1.165, 1.54) is 53.2 Å². The molecule has 11 rings (SSSR count). The highest BCUT2D eigenvalue weighted by atomic mass is 32.1. The molecule has 3 heterocycles. The standard InChI is InChI=1S/C51H32N4OS/c52-50(33-15-5-2-6-16-33)54-51(53-31-32-13-3-1-4-14-32)35-25-27-39-41-29-34(26-28-45(41)56-46(39)30-35)36-19-12-24-47-48(36)40-20-11-23-44(49(40)57-47)55-42-21-9-7-17-37(42)38-18-8-10-22-43(38)55/h1-31,52H. The fraction of sp³-hybridized carbons (Fsp3) is 0. The van der Waals surface area contributed by atoms with Crippen LogP contribution in [-0.4, -0.2) is 22.5 Å². The van der Waals surface area contributed by atoms with Crippen LogP contribution in [0.1, 0.15) is 16.7 Å². The van der Waals surface area contributed by atoms with Gasteiger partial charge in [0.2, 0.25) is 0 Å². The van der Waals surface area contributed by atoms with Gasteiger partial charge in [0, 0.05) is 54.4 Å². The van der Waals surface area contributed by atoms with E-state index in [1.54, 1.807) is 6.21 Å². The number of para-hydroxylation sites is 2. The summed E-state index contributed by atoms with van der Waals surface area (Å²) in [4.78, 5) is 9.49. The Morgan fingerprint density at radius 1 is 0.561 bits per heavy atom. The van der Waals surface area contributed by atoms with E-state index in [1.807, 2.05) is 84.1 Å². The largest absolute Gasteiger partial charge is 0.456 e. The molecule has 0 saturated carbocycles. The Morgan fingerprint density at radius 3 is 2.05 bits per heavy atom. The number of nitrogens with zero attached hydrogens (tertiary/aromatic N) is 3. The lowest BCUT2D eigenvalue weighted by atomic mass is 9.97. The number of amidine groups is 2. The van der Waals surface area contributed by atoms with Crippen LogP contribution in [0.3, 0.4) is 0 Å². The van der Waals surface area contributed by atoms with Gasteiger partial charge in [0.15, 0.2) is 11.7 Å². The first-order valence-electron chi connectivity index (χ1n) is 18.9. The summed E-state index contributed by atoms with van der Waals surface area (Å²) >= 11 is 1.85. The molecule has 268 valence electrons. The number of furan rings is 1. The summed E-state index contributed by atoms with van der Waals surface area (Å²) in [6, 6.07) is 62.8. The number of benzene rings is 8. The third kappa shape index (κ3) is 5.57. The minimum Gasteiger partial charge on any atom is -0.456 e. The topological polar surface area (TPSA) is 66.6 Å². The number of aromatic nitrogens is 1. The first kappa shape index (κ1) is 33.0. The van der Waals surface area contributed by atoms with Crippen molar-refractivity contribution >= 4 is 93.1 Å². The van der Waals surface area contributed by atoms with Gasteiger partial charge >= 0.3 is 0 Å². The fourth-order valence-corrected chi connectivity index (χ4v) is 9.36. The monoisotopic (exact) mass is 748 g/mol. The number of fused-ring (bicyclic) bond motifs is 9. The first-order chi connectivity index (χ1) is 28.2. The normalized spacial score (nSPS) is 12.3. The van der Waals surface area contributed by atoms with E-state index < -0.39 is 0 Å². The molecule has 0 saturated heterocycles. The predicted molar refractivity (Wildman–Crippen MR) is 240 cm³/mol. The molecule has 1 N–H and O–H groups in total. The van der Waals surface area contributed by atoms with Gasteiger partial charge in [0.1, 0.15) is 11.2 Å². The van der Waals surface area contributed by atoms with Gasteiger partial charge in [-0.25, -0.2) is 9.98 Å². The molecule has 8 aromatic carbocycles. The zero-order valence-corrected chi connectivity index (χ0v) is 31.4. The highest BCUT2D eigenvalue weighted by molar-refractivity contribution is 7.26. The van der Waals surface area contributed by atoms with Gasteiger partial charge in [0.05, 0.1) is 21.4 Å². The van der Waals surface area contributed by atoms with E-state index in [9.17, 15) is 0 Å². The molecule has 0 radical (unpaired) electrons. The maximum absolute atomic E-state index is 8.77. The number of hydrogen-bond donors (Lipinski definition) is 1. The quantitative estimate of drug-likeness (QED) is 0.138. The van der Waals surface area contributed by atoms with Crippen LogP contribution in [0.15, 0.2) is 196 Å². The van der Waals surface area contributed by atoms with Crippen LogP contribution in [0.4, 0.5) is 0 Å². The maximum Gasteiger partial charge on any atom is 0.161 e. The molecule has 0 atom stereocenters. The SMILES string of the molecule is N=C(N=C(N=Cc1ccccc1)c1ccc2c(c1)oc1ccc(-c3cccc4sc5c(-n6c7ccccc7c7ccccc76)cccc5c34)cc12)c1ccccc1. The summed E-state index contributed by atoms with van der Waals surface area (Å²) in [5.41, 5.74) is 9.92. The number of rotatable bonds is 5. The van der Waals surface area contributed by atoms with Crippen molar-refractivity contribution in [1.82, 2.24) is 4.57 Å². The minimum atomic E-state index is 0.141. The Balaban J connectivity index is 1.03. The van der Waals surface area contributed by atoms with Gasteiger partial charge in [-0.15, -0.1) is 11.3 Å². The third-order valence-electron chi connectivity index (χ3n) is 10.8. The van der Waals surface area contributed by atoms with Crippen LogP contribution in [0.2, 0.25) is 0 Å². The average molecular weight is 749 g/mol. The molecule has 0 fully saturated rings. The van der Waals surface area contributed by atoms with Crippen LogP contribution in [0, 0.1) is 5.41 Å². The molecule has 0 aliphatic carbocycles. The van der Waals surface area contributed by atoms with Crippen LogP contribution in [0.5, 0.6) is 0 Å². The van der Waals surface area contributed by atoms with Crippen molar-refractivity contribution < 1.29 is 4.42 Å². The zero-order chi connectivity index (χ0) is 37.9. The molecule has 11 aromatic rings. The summed E-state index contributed by atoms with van der Waals surface area (Å²) in [5, 5.41) is 15.8. The van der Waals surface area contributed by atoms with Gasteiger partial charge in [-0.2, -0.15) is 0 Å². The summed E-state index contributed by atoms with van der Waals surface area (Å²) in [6.07, 6.45) is 1.78. The van der Waals surface area contributed by atoms with E-state index in [0.717, 1.165) is 44.2 Å². The Bertz CT molecular complexity index is 3370. The van der Waals surface area contributed by atoms with Gasteiger partial charge < -0.3 is 8.98 Å². The second kappa shape index (κ2) is 13.4. The molecule has 57 heavy (non-hydrogen) atoms. The van der Waals surface area contributed by atoms with Gasteiger partial charge in [-0.05, 0) is 65.2 Å². The van der Waals surface area contributed by atoms with Crippen LogP contribution >= 0.6 is 11.3 Å². The lowest BCUT2D eigenvalue weighted by molar-refractivity contribution is 0.669. The Labute approximate surface area is 331 Å². The molecule has 0 unspecified atom stereocenters. The fourth-order valence-electron chi connectivity index (χ4n) is 8.12. The van der Waals surface area contributed by atoms with Gasteiger partial charge in [-0.1, -0.05) is 133 Å². The van der Waals surface area contributed by atoms with Gasteiger partial charge in [0.25, 0.3) is 0 Å². The van der Waals surface area contributed by atoms with E-state index in [2.05, 4.69) is 114 Å². The average Bonchev–Trinajstić information content (AvgIpc) is 3.95. The van der Waals surface area contributed by atoms with E-state index in [-0.39, 0.29) is 5.84 Å². The van der Waals surface area contributed by atoms with Crippen LogP contribution < -0.4 is 0 Å². The van der Waals surface area contributed by atoms with Crippen molar-refractivity contribution in [3.05, 3.63) is 199 Å². The number of hydrogen-bond acceptors (Lipinski definition) is 3. The summed E-state index contributed by atoms with van der Waals surface area (Å²) in [6.45, 7) is 0. The lowest BCUT2D eigenvalue weighted by Gasteiger charge is -2.10. The molecule has 0 spiro atoms. The van der Waals surface area contributed by atoms with Crippen molar-refractivity contribution in [2.75, 3.05) is 0 Å². The van der Waals surface area contributed by atoms with Crippen LogP contribution in [0.25, 0.3) is 80.7 Å².